The Bertz CT molecular complexity index is 1190. The first-order valence-electron chi connectivity index (χ1n) is 8.78. The second-order valence-electron chi connectivity index (χ2n) is 6.26. The Kier molecular flexibility index (Phi) is 6.31. The van der Waals surface area contributed by atoms with Crippen molar-refractivity contribution in [2.75, 3.05) is 17.1 Å². The zero-order chi connectivity index (χ0) is 21.8. The summed E-state index contributed by atoms with van der Waals surface area (Å²) in [7, 11) is 1.72. The van der Waals surface area contributed by atoms with Crippen LogP contribution < -0.4 is 20.3 Å². The van der Waals surface area contributed by atoms with Gasteiger partial charge in [0.25, 0.3) is 5.56 Å². The van der Waals surface area contributed by atoms with Gasteiger partial charge >= 0.3 is 0 Å². The fraction of sp³-hybridized carbons (Fsp3) is 0.0952. The number of hydrogen-bond donors (Lipinski definition) is 2. The molecule has 1 heterocycles. The molecule has 0 saturated heterocycles. The van der Waals surface area contributed by atoms with Crippen LogP contribution in [0.1, 0.15) is 0 Å². The topological polar surface area (TPSA) is 72.4 Å². The average molecular weight is 431 g/mol. The van der Waals surface area contributed by atoms with Gasteiger partial charge in [-0.15, -0.1) is 0 Å². The minimum atomic E-state index is -1.50. The van der Waals surface area contributed by atoms with Crippen molar-refractivity contribution >= 4 is 22.4 Å². The molecule has 6 nitrogen and oxygen atoms in total. The summed E-state index contributed by atoms with van der Waals surface area (Å²) in [5.74, 6) is -1.47. The molecule has 1 unspecified atom stereocenters. The average Bonchev–Trinajstić information content (AvgIpc) is 2.72. The number of aryl methyl sites for hydroxylation is 1. The lowest BCUT2D eigenvalue weighted by Crippen LogP contribution is -2.19. The van der Waals surface area contributed by atoms with Gasteiger partial charge in [-0.2, -0.15) is 0 Å². The summed E-state index contributed by atoms with van der Waals surface area (Å²) >= 11 is 0. The molecular weight excluding hydrogens is 412 g/mol. The monoisotopic (exact) mass is 431 g/mol. The van der Waals surface area contributed by atoms with Crippen LogP contribution in [-0.2, 0) is 18.0 Å². The van der Waals surface area contributed by atoms with E-state index in [1.807, 2.05) is 0 Å². The van der Waals surface area contributed by atoms with E-state index in [1.54, 1.807) is 44.6 Å². The number of hydrogen-bond acceptors (Lipinski definition) is 4. The van der Waals surface area contributed by atoms with Crippen LogP contribution in [0.2, 0.25) is 0 Å². The Morgan fingerprint density at radius 2 is 1.87 bits per heavy atom. The number of anilines is 2. The lowest BCUT2D eigenvalue weighted by Gasteiger charge is -2.15. The molecule has 0 bridgehead atoms. The fourth-order valence-corrected chi connectivity index (χ4v) is 3.22. The standard InChI is InChI=1S/C21H19F2N3O3S/c1-4-30(28)25-15-6-8-19(29-20-7-5-14(22)10-17(20)23)16(11-15)13-9-18(24-2)21(27)26(3)12-13/h4-12,24-25H,1H2,2-3H3. The molecule has 9 heteroatoms. The summed E-state index contributed by atoms with van der Waals surface area (Å²) in [5, 5.41) is 4.07. The quantitative estimate of drug-likeness (QED) is 0.582. The molecule has 30 heavy (non-hydrogen) atoms. The zero-order valence-electron chi connectivity index (χ0n) is 16.2. The number of nitrogens with one attached hydrogen (secondary N) is 2. The first-order valence-corrected chi connectivity index (χ1v) is 9.99. The highest BCUT2D eigenvalue weighted by Gasteiger charge is 2.15. The maximum atomic E-state index is 14.1. The highest BCUT2D eigenvalue weighted by Crippen LogP contribution is 2.37. The third kappa shape index (κ3) is 4.57. The van der Waals surface area contributed by atoms with Gasteiger partial charge in [0.1, 0.15) is 28.2 Å². The van der Waals surface area contributed by atoms with E-state index in [9.17, 15) is 17.8 Å². The molecule has 0 fully saturated rings. The summed E-state index contributed by atoms with van der Waals surface area (Å²) in [4.78, 5) is 12.2. The predicted octanol–water partition coefficient (Wildman–Crippen LogP) is 4.38. The summed E-state index contributed by atoms with van der Waals surface area (Å²) in [6, 6.07) is 9.44. The summed E-state index contributed by atoms with van der Waals surface area (Å²) < 4.78 is 49.0. The summed E-state index contributed by atoms with van der Waals surface area (Å²) in [6.07, 6.45) is 1.60. The first kappa shape index (κ1) is 21.3. The van der Waals surface area contributed by atoms with Crippen molar-refractivity contribution in [1.82, 2.24) is 4.57 Å². The van der Waals surface area contributed by atoms with Crippen LogP contribution >= 0.6 is 0 Å². The number of pyridine rings is 1. The number of aromatic nitrogens is 1. The van der Waals surface area contributed by atoms with Gasteiger partial charge in [-0.1, -0.05) is 6.58 Å². The van der Waals surface area contributed by atoms with E-state index in [4.69, 9.17) is 4.74 Å². The maximum absolute atomic E-state index is 14.1. The normalized spacial score (nSPS) is 11.6. The van der Waals surface area contributed by atoms with Crippen molar-refractivity contribution < 1.29 is 17.7 Å². The van der Waals surface area contributed by atoms with Crippen molar-refractivity contribution in [3.8, 4) is 22.6 Å². The molecule has 3 aromatic rings. The molecule has 2 aromatic carbocycles. The van der Waals surface area contributed by atoms with Crippen LogP contribution in [0.3, 0.4) is 0 Å². The minimum Gasteiger partial charge on any atom is -0.454 e. The molecule has 0 aliphatic rings. The van der Waals surface area contributed by atoms with Crippen LogP contribution in [0.15, 0.2) is 65.4 Å². The Morgan fingerprint density at radius 1 is 1.13 bits per heavy atom. The molecule has 0 aliphatic carbocycles. The molecule has 2 N–H and O–H groups in total. The van der Waals surface area contributed by atoms with Crippen molar-refractivity contribution in [3.63, 3.8) is 0 Å². The van der Waals surface area contributed by atoms with Crippen LogP contribution in [0.5, 0.6) is 11.5 Å². The highest BCUT2D eigenvalue weighted by atomic mass is 32.2. The van der Waals surface area contributed by atoms with Crippen LogP contribution in [0.25, 0.3) is 11.1 Å². The SMILES string of the molecule is C=CS(=O)Nc1ccc(Oc2ccc(F)cc2F)c(-c2cc(NC)c(=O)n(C)c2)c1. The number of halogens is 2. The molecule has 0 saturated carbocycles. The number of rotatable bonds is 7. The van der Waals surface area contributed by atoms with Gasteiger partial charge in [-0.3, -0.25) is 4.79 Å². The predicted molar refractivity (Wildman–Crippen MR) is 115 cm³/mol. The van der Waals surface area contributed by atoms with E-state index >= 15 is 0 Å². The van der Waals surface area contributed by atoms with Gasteiger partial charge in [-0.05, 0) is 36.4 Å². The Labute approximate surface area is 174 Å². The van der Waals surface area contributed by atoms with E-state index < -0.39 is 22.6 Å². The number of nitrogens with zero attached hydrogens (tertiary/aromatic N) is 1. The molecule has 0 spiro atoms. The first-order chi connectivity index (χ1) is 14.3. The number of ether oxygens (including phenoxy) is 1. The molecule has 1 aromatic heterocycles. The Hall–Kier alpha value is -3.46. The highest BCUT2D eigenvalue weighted by molar-refractivity contribution is 7.89. The van der Waals surface area contributed by atoms with Gasteiger partial charge < -0.3 is 19.3 Å². The van der Waals surface area contributed by atoms with Crippen molar-refractivity contribution in [2.24, 2.45) is 7.05 Å². The lowest BCUT2D eigenvalue weighted by atomic mass is 10.0. The van der Waals surface area contributed by atoms with Gasteiger partial charge in [0.2, 0.25) is 0 Å². The van der Waals surface area contributed by atoms with Crippen molar-refractivity contribution in [1.29, 1.82) is 0 Å². The van der Waals surface area contributed by atoms with Gasteiger partial charge in [-0.25, -0.2) is 13.0 Å². The third-order valence-corrected chi connectivity index (χ3v) is 4.97. The maximum Gasteiger partial charge on any atom is 0.273 e. The lowest BCUT2D eigenvalue weighted by molar-refractivity contribution is 0.439. The Balaban J connectivity index is 2.15. The second kappa shape index (κ2) is 8.91. The zero-order valence-corrected chi connectivity index (χ0v) is 17.1. The number of benzene rings is 2. The smallest absolute Gasteiger partial charge is 0.273 e. The van der Waals surface area contributed by atoms with Gasteiger partial charge in [0.05, 0.1) is 0 Å². The molecule has 0 radical (unpaired) electrons. The largest absolute Gasteiger partial charge is 0.454 e. The molecule has 156 valence electrons. The summed E-state index contributed by atoms with van der Waals surface area (Å²) in [5.41, 5.74) is 1.70. The Morgan fingerprint density at radius 3 is 2.53 bits per heavy atom. The van der Waals surface area contributed by atoms with E-state index in [1.165, 1.54) is 16.0 Å². The third-order valence-electron chi connectivity index (χ3n) is 4.23. The van der Waals surface area contributed by atoms with Crippen LogP contribution in [-0.4, -0.2) is 15.8 Å². The molecule has 1 atom stereocenters. The molecular formula is C21H19F2N3O3S. The second-order valence-corrected chi connectivity index (χ2v) is 7.39. The van der Waals surface area contributed by atoms with E-state index in [-0.39, 0.29) is 17.1 Å². The van der Waals surface area contributed by atoms with E-state index in [0.29, 0.717) is 22.5 Å². The van der Waals surface area contributed by atoms with Crippen molar-refractivity contribution in [3.05, 3.63) is 82.6 Å². The molecule has 0 amide bonds. The van der Waals surface area contributed by atoms with Crippen LogP contribution in [0.4, 0.5) is 20.2 Å². The molecule has 3 rings (SSSR count). The summed E-state index contributed by atoms with van der Waals surface area (Å²) in [6.45, 7) is 3.47. The fourth-order valence-electron chi connectivity index (χ4n) is 2.78. The van der Waals surface area contributed by atoms with E-state index in [2.05, 4.69) is 16.6 Å². The van der Waals surface area contributed by atoms with Gasteiger partial charge in [0, 0.05) is 48.6 Å². The van der Waals surface area contributed by atoms with E-state index in [0.717, 1.165) is 12.1 Å². The van der Waals surface area contributed by atoms with Crippen LogP contribution in [0, 0.1) is 11.6 Å². The molecule has 0 aliphatic heterocycles. The van der Waals surface area contributed by atoms with Gasteiger partial charge in [0.15, 0.2) is 11.6 Å². The minimum absolute atomic E-state index is 0.160. The van der Waals surface area contributed by atoms with Crippen molar-refractivity contribution in [2.45, 2.75) is 0 Å².